The van der Waals surface area contributed by atoms with Crippen molar-refractivity contribution in [3.05, 3.63) is 11.8 Å². The molecule has 1 aliphatic heterocycles. The van der Waals surface area contributed by atoms with Crippen LogP contribution >= 0.6 is 0 Å². The van der Waals surface area contributed by atoms with Crippen molar-refractivity contribution < 1.29 is 35.3 Å². The van der Waals surface area contributed by atoms with Gasteiger partial charge in [0.25, 0.3) is 0 Å². The van der Waals surface area contributed by atoms with E-state index in [1.54, 1.807) is 13.8 Å². The summed E-state index contributed by atoms with van der Waals surface area (Å²) in [5, 5.41) is 0. The highest BCUT2D eigenvalue weighted by molar-refractivity contribution is 7.87. The molecule has 0 unspecified atom stereocenters. The number of hydrogen-bond acceptors (Lipinski definition) is 5. The van der Waals surface area contributed by atoms with Crippen LogP contribution in [0.4, 0.5) is 18.0 Å². The van der Waals surface area contributed by atoms with Gasteiger partial charge in [-0.1, -0.05) is 6.92 Å². The Kier molecular flexibility index (Phi) is 5.37. The smallest absolute Gasteiger partial charge is 0.443 e. The first-order valence-electron chi connectivity index (χ1n) is 6.55. The number of carbonyl (C=O) groups excluding carboxylic acids is 1. The number of alkyl halides is 3. The zero-order chi connectivity index (χ0) is 17.2. The van der Waals surface area contributed by atoms with Gasteiger partial charge in [-0.15, -0.1) is 0 Å². The Morgan fingerprint density at radius 3 is 2.36 bits per heavy atom. The van der Waals surface area contributed by atoms with Crippen LogP contribution < -0.4 is 0 Å². The van der Waals surface area contributed by atoms with Crippen molar-refractivity contribution in [1.29, 1.82) is 0 Å². The topological polar surface area (TPSA) is 72.9 Å². The Balaban J connectivity index is 2.65. The lowest BCUT2D eigenvalue weighted by Crippen LogP contribution is -2.40. The molecule has 22 heavy (non-hydrogen) atoms. The molecule has 0 aromatic heterocycles. The van der Waals surface area contributed by atoms with E-state index in [0.29, 0.717) is 6.42 Å². The lowest BCUT2D eigenvalue weighted by atomic mass is 10.1. The number of hydrogen-bond donors (Lipinski definition) is 0. The van der Waals surface area contributed by atoms with E-state index in [1.807, 2.05) is 6.92 Å². The molecule has 0 N–H and O–H groups in total. The van der Waals surface area contributed by atoms with Crippen LogP contribution in [0.25, 0.3) is 0 Å². The second-order valence-corrected chi connectivity index (χ2v) is 6.87. The van der Waals surface area contributed by atoms with Gasteiger partial charge in [0.1, 0.15) is 11.4 Å². The molecule has 0 atom stereocenters. The van der Waals surface area contributed by atoms with Crippen LogP contribution in [-0.2, 0) is 19.0 Å². The summed E-state index contributed by atoms with van der Waals surface area (Å²) >= 11 is 0. The van der Waals surface area contributed by atoms with Crippen LogP contribution in [0.2, 0.25) is 0 Å². The van der Waals surface area contributed by atoms with Crippen LogP contribution in [0.3, 0.4) is 0 Å². The summed E-state index contributed by atoms with van der Waals surface area (Å²) in [6, 6.07) is 0. The van der Waals surface area contributed by atoms with Gasteiger partial charge in [0, 0.05) is 19.5 Å². The van der Waals surface area contributed by atoms with Crippen LogP contribution in [0.5, 0.6) is 0 Å². The summed E-state index contributed by atoms with van der Waals surface area (Å²) in [7, 11) is -5.67. The zero-order valence-electron chi connectivity index (χ0n) is 12.4. The molecule has 0 spiro atoms. The van der Waals surface area contributed by atoms with E-state index >= 15 is 0 Å². The van der Waals surface area contributed by atoms with E-state index in [0.717, 1.165) is 6.08 Å². The van der Waals surface area contributed by atoms with E-state index in [9.17, 15) is 26.4 Å². The van der Waals surface area contributed by atoms with Gasteiger partial charge < -0.3 is 13.8 Å². The third-order valence-electron chi connectivity index (χ3n) is 3.14. The van der Waals surface area contributed by atoms with Crippen molar-refractivity contribution in [3.8, 4) is 0 Å². The molecule has 0 aromatic carbocycles. The third-order valence-corrected chi connectivity index (χ3v) is 4.14. The maximum absolute atomic E-state index is 12.2. The number of nitrogens with zero attached hydrogens (tertiary/aromatic N) is 1. The second kappa shape index (κ2) is 6.35. The Bertz CT molecular complexity index is 554. The lowest BCUT2D eigenvalue weighted by molar-refractivity contribution is -0.0526. The summed E-state index contributed by atoms with van der Waals surface area (Å²) < 4.78 is 67.6. The van der Waals surface area contributed by atoms with E-state index in [2.05, 4.69) is 4.18 Å². The molecule has 0 aliphatic carbocycles. The zero-order valence-corrected chi connectivity index (χ0v) is 13.3. The monoisotopic (exact) mass is 345 g/mol. The van der Waals surface area contributed by atoms with Crippen molar-refractivity contribution in [2.24, 2.45) is 0 Å². The first-order valence-corrected chi connectivity index (χ1v) is 7.96. The number of rotatable bonds is 4. The average molecular weight is 345 g/mol. The van der Waals surface area contributed by atoms with Crippen molar-refractivity contribution in [2.45, 2.75) is 44.7 Å². The van der Waals surface area contributed by atoms with Crippen molar-refractivity contribution >= 4 is 16.2 Å². The molecular formula is C12H18F3NO5S. The van der Waals surface area contributed by atoms with Crippen molar-refractivity contribution in [3.63, 3.8) is 0 Å². The molecular weight excluding hydrogens is 327 g/mol. The molecule has 0 fully saturated rings. The van der Waals surface area contributed by atoms with Crippen molar-refractivity contribution in [2.75, 3.05) is 13.1 Å². The van der Waals surface area contributed by atoms with Gasteiger partial charge >= 0.3 is 21.7 Å². The quantitative estimate of drug-likeness (QED) is 0.579. The molecule has 10 heteroatoms. The average Bonchev–Trinajstić information content (AvgIpc) is 2.37. The maximum Gasteiger partial charge on any atom is 0.534 e. The van der Waals surface area contributed by atoms with E-state index in [1.165, 1.54) is 4.90 Å². The first-order chi connectivity index (χ1) is 9.88. The fraction of sp³-hybridized carbons (Fsp3) is 0.750. The largest absolute Gasteiger partial charge is 0.534 e. The SMILES string of the molecule is CCC(C)(C)OC(=O)N1CC=C(OS(=O)(=O)C(F)(F)F)CC1. The summed E-state index contributed by atoms with van der Waals surface area (Å²) in [6.45, 7) is 5.24. The third kappa shape index (κ3) is 4.79. The van der Waals surface area contributed by atoms with Gasteiger partial charge in [0.05, 0.1) is 0 Å². The fourth-order valence-corrected chi connectivity index (χ4v) is 1.98. The highest BCUT2D eigenvalue weighted by Crippen LogP contribution is 2.28. The summed E-state index contributed by atoms with van der Waals surface area (Å²) in [5.74, 6) is -0.337. The van der Waals surface area contributed by atoms with Gasteiger partial charge in [0.2, 0.25) is 0 Å². The molecule has 6 nitrogen and oxygen atoms in total. The standard InChI is InChI=1S/C12H18F3NO5S/c1-4-11(2,3)20-10(17)16-7-5-9(6-8-16)21-22(18,19)12(13,14)15/h5H,4,6-8H2,1-3H3. The van der Waals surface area contributed by atoms with E-state index in [4.69, 9.17) is 4.74 Å². The molecule has 0 aromatic rings. The Labute approximate surface area is 127 Å². The number of carbonyl (C=O) groups is 1. The highest BCUT2D eigenvalue weighted by Gasteiger charge is 2.49. The molecule has 1 amide bonds. The van der Waals surface area contributed by atoms with Gasteiger partial charge in [-0.05, 0) is 26.3 Å². The Morgan fingerprint density at radius 1 is 1.36 bits per heavy atom. The molecule has 1 rings (SSSR count). The fourth-order valence-electron chi connectivity index (χ4n) is 1.45. The van der Waals surface area contributed by atoms with Crippen LogP contribution in [0, 0.1) is 0 Å². The predicted molar refractivity (Wildman–Crippen MR) is 71.2 cm³/mol. The number of halogens is 3. The normalized spacial score (nSPS) is 17.0. The van der Waals surface area contributed by atoms with Gasteiger partial charge in [-0.2, -0.15) is 21.6 Å². The second-order valence-electron chi connectivity index (χ2n) is 5.33. The Hall–Kier alpha value is -1.45. The summed E-state index contributed by atoms with van der Waals surface area (Å²) in [6.07, 6.45) is 0.964. The van der Waals surface area contributed by atoms with E-state index in [-0.39, 0.29) is 25.3 Å². The molecule has 128 valence electrons. The summed E-state index contributed by atoms with van der Waals surface area (Å²) in [5.41, 5.74) is -6.13. The molecule has 1 aliphatic rings. The van der Waals surface area contributed by atoms with Crippen LogP contribution in [0.1, 0.15) is 33.6 Å². The minimum Gasteiger partial charge on any atom is -0.443 e. The lowest BCUT2D eigenvalue weighted by Gasteiger charge is -2.30. The van der Waals surface area contributed by atoms with Crippen molar-refractivity contribution in [1.82, 2.24) is 4.90 Å². The molecule has 0 radical (unpaired) electrons. The number of ether oxygens (including phenoxy) is 1. The van der Waals surface area contributed by atoms with Crippen LogP contribution in [-0.4, -0.2) is 43.6 Å². The minimum absolute atomic E-state index is 0.0117. The highest BCUT2D eigenvalue weighted by atomic mass is 32.2. The van der Waals surface area contributed by atoms with Gasteiger partial charge in [-0.25, -0.2) is 4.79 Å². The maximum atomic E-state index is 12.2. The minimum atomic E-state index is -5.67. The first kappa shape index (κ1) is 18.6. The predicted octanol–water partition coefficient (Wildman–Crippen LogP) is 2.77. The molecule has 0 bridgehead atoms. The van der Waals surface area contributed by atoms with Gasteiger partial charge in [0.15, 0.2) is 0 Å². The molecule has 1 heterocycles. The molecule has 0 saturated heterocycles. The van der Waals surface area contributed by atoms with Crippen LogP contribution in [0.15, 0.2) is 11.8 Å². The van der Waals surface area contributed by atoms with E-state index < -0.39 is 27.3 Å². The number of amides is 1. The summed E-state index contributed by atoms with van der Waals surface area (Å²) in [4.78, 5) is 13.1. The Morgan fingerprint density at radius 2 is 1.95 bits per heavy atom. The van der Waals surface area contributed by atoms with Gasteiger partial charge in [-0.3, -0.25) is 0 Å². The molecule has 0 saturated carbocycles.